The molecule has 0 saturated carbocycles. The van der Waals surface area contributed by atoms with Crippen molar-refractivity contribution >= 4 is 18.0 Å². The molecule has 41 heavy (non-hydrogen) atoms. The van der Waals surface area contributed by atoms with E-state index < -0.39 is 0 Å². The Kier molecular flexibility index (Phi) is 9.19. The van der Waals surface area contributed by atoms with E-state index in [-0.39, 0.29) is 24.5 Å². The summed E-state index contributed by atoms with van der Waals surface area (Å²) >= 11 is 0. The Labute approximate surface area is 240 Å². The smallest absolute Gasteiger partial charge is 0.271 e. The Morgan fingerprint density at radius 1 is 0.902 bits per heavy atom. The van der Waals surface area contributed by atoms with Gasteiger partial charge in [0.2, 0.25) is 0 Å². The van der Waals surface area contributed by atoms with E-state index in [0.29, 0.717) is 11.3 Å². The highest BCUT2D eigenvalue weighted by molar-refractivity contribution is 5.94. The zero-order valence-corrected chi connectivity index (χ0v) is 23.1. The SMILES string of the molecule is C[C@@H](NC(=O)COc1ccc(/C=N\NC(=O)c2ccc(CN3CCc4ccccc4C3)cc2)cc1)c1ccccc1. The van der Waals surface area contributed by atoms with Crippen LogP contribution in [-0.2, 0) is 24.3 Å². The predicted molar refractivity (Wildman–Crippen MR) is 161 cm³/mol. The molecular formula is C34H34N4O3. The van der Waals surface area contributed by atoms with Crippen LogP contribution in [0.5, 0.6) is 5.75 Å². The van der Waals surface area contributed by atoms with Crippen LogP contribution in [0.15, 0.2) is 108 Å². The van der Waals surface area contributed by atoms with Crippen molar-refractivity contribution in [2.24, 2.45) is 5.10 Å². The quantitative estimate of drug-likeness (QED) is 0.210. The summed E-state index contributed by atoms with van der Waals surface area (Å²) in [6.07, 6.45) is 2.63. The fourth-order valence-corrected chi connectivity index (χ4v) is 4.85. The Morgan fingerprint density at radius 3 is 2.37 bits per heavy atom. The van der Waals surface area contributed by atoms with Crippen LogP contribution < -0.4 is 15.5 Å². The summed E-state index contributed by atoms with van der Waals surface area (Å²) in [6, 6.07) is 33.1. The molecular weight excluding hydrogens is 512 g/mol. The first-order valence-corrected chi connectivity index (χ1v) is 13.8. The number of nitrogens with zero attached hydrogens (tertiary/aromatic N) is 2. The summed E-state index contributed by atoms with van der Waals surface area (Å²) in [7, 11) is 0. The minimum atomic E-state index is -0.268. The maximum atomic E-state index is 12.6. The van der Waals surface area contributed by atoms with E-state index in [1.165, 1.54) is 16.7 Å². The highest BCUT2D eigenvalue weighted by Crippen LogP contribution is 2.20. The van der Waals surface area contributed by atoms with Gasteiger partial charge in [-0.15, -0.1) is 0 Å². The number of hydrogen-bond donors (Lipinski definition) is 2. The van der Waals surface area contributed by atoms with Crippen LogP contribution in [0, 0.1) is 0 Å². The van der Waals surface area contributed by atoms with Gasteiger partial charge >= 0.3 is 0 Å². The molecule has 2 amide bonds. The van der Waals surface area contributed by atoms with Gasteiger partial charge in [-0.1, -0.05) is 66.7 Å². The molecule has 5 rings (SSSR count). The van der Waals surface area contributed by atoms with Gasteiger partial charge in [0.1, 0.15) is 5.75 Å². The van der Waals surface area contributed by atoms with E-state index in [2.05, 4.69) is 45.0 Å². The van der Waals surface area contributed by atoms with Crippen molar-refractivity contribution in [3.05, 3.63) is 137 Å². The zero-order chi connectivity index (χ0) is 28.4. The molecule has 1 aliphatic heterocycles. The number of hydrazone groups is 1. The molecule has 2 N–H and O–H groups in total. The van der Waals surface area contributed by atoms with Gasteiger partial charge in [0.25, 0.3) is 11.8 Å². The molecule has 1 aliphatic rings. The van der Waals surface area contributed by atoms with Crippen LogP contribution in [0.3, 0.4) is 0 Å². The van der Waals surface area contributed by atoms with Gasteiger partial charge in [-0.25, -0.2) is 5.43 Å². The van der Waals surface area contributed by atoms with Gasteiger partial charge in [0.05, 0.1) is 12.3 Å². The fourth-order valence-electron chi connectivity index (χ4n) is 4.85. The second kappa shape index (κ2) is 13.5. The van der Waals surface area contributed by atoms with Crippen LogP contribution in [0.2, 0.25) is 0 Å². The second-order valence-corrected chi connectivity index (χ2v) is 10.2. The third-order valence-corrected chi connectivity index (χ3v) is 7.14. The maximum Gasteiger partial charge on any atom is 0.271 e. The lowest BCUT2D eigenvalue weighted by molar-refractivity contribution is -0.123. The van der Waals surface area contributed by atoms with Gasteiger partial charge in [-0.2, -0.15) is 5.10 Å². The molecule has 7 heteroatoms. The van der Waals surface area contributed by atoms with Crippen molar-refractivity contribution in [2.75, 3.05) is 13.2 Å². The van der Waals surface area contributed by atoms with Crippen LogP contribution in [-0.4, -0.2) is 36.1 Å². The molecule has 0 spiro atoms. The number of carbonyl (C=O) groups is 2. The Bertz CT molecular complexity index is 1480. The number of rotatable bonds is 10. The van der Waals surface area contributed by atoms with Crippen molar-refractivity contribution in [3.63, 3.8) is 0 Å². The lowest BCUT2D eigenvalue weighted by Gasteiger charge is -2.28. The highest BCUT2D eigenvalue weighted by atomic mass is 16.5. The summed E-state index contributed by atoms with van der Waals surface area (Å²) in [5.74, 6) is 0.109. The van der Waals surface area contributed by atoms with Crippen molar-refractivity contribution in [1.29, 1.82) is 0 Å². The molecule has 0 radical (unpaired) electrons. The Morgan fingerprint density at radius 2 is 1.61 bits per heavy atom. The molecule has 0 aromatic heterocycles. The number of ether oxygens (including phenoxy) is 1. The highest BCUT2D eigenvalue weighted by Gasteiger charge is 2.16. The lowest BCUT2D eigenvalue weighted by Crippen LogP contribution is -2.31. The molecule has 0 unspecified atom stereocenters. The summed E-state index contributed by atoms with van der Waals surface area (Å²) in [4.78, 5) is 27.2. The first kappa shape index (κ1) is 27.8. The molecule has 0 aliphatic carbocycles. The maximum absolute atomic E-state index is 12.6. The number of hydrogen-bond acceptors (Lipinski definition) is 5. The minimum Gasteiger partial charge on any atom is -0.484 e. The molecule has 7 nitrogen and oxygen atoms in total. The second-order valence-electron chi connectivity index (χ2n) is 10.2. The van der Waals surface area contributed by atoms with Crippen molar-refractivity contribution in [1.82, 2.24) is 15.6 Å². The van der Waals surface area contributed by atoms with E-state index in [1.54, 1.807) is 18.3 Å². The molecule has 1 heterocycles. The molecule has 0 bridgehead atoms. The lowest BCUT2D eigenvalue weighted by atomic mass is 9.99. The third-order valence-electron chi connectivity index (χ3n) is 7.14. The standard InChI is InChI=1S/C34H34N4O3/c1-25(28-7-3-2-4-8-28)36-33(39)24-41-32-17-13-26(14-18-32)21-35-37-34(40)30-15-11-27(12-16-30)22-38-20-19-29-9-5-6-10-31(29)23-38/h2-18,21,25H,19-20,22-24H2,1H3,(H,36,39)(H,37,40)/b35-21-/t25-/m1/s1. The molecule has 4 aromatic rings. The number of amides is 2. The third kappa shape index (κ3) is 7.90. The molecule has 208 valence electrons. The summed E-state index contributed by atoms with van der Waals surface area (Å²) in [5.41, 5.74) is 8.97. The average Bonchev–Trinajstić information content (AvgIpc) is 3.01. The number of carbonyl (C=O) groups excluding carboxylic acids is 2. The minimum absolute atomic E-state index is 0.0779. The summed E-state index contributed by atoms with van der Waals surface area (Å²) in [5, 5.41) is 7.01. The van der Waals surface area contributed by atoms with Crippen molar-refractivity contribution < 1.29 is 14.3 Å². The Hall–Kier alpha value is -4.75. The fraction of sp³-hybridized carbons (Fsp3) is 0.206. The normalized spacial score (nSPS) is 13.8. The molecule has 0 saturated heterocycles. The van der Waals surface area contributed by atoms with Crippen LogP contribution in [0.25, 0.3) is 0 Å². The first-order chi connectivity index (χ1) is 20.0. The number of fused-ring (bicyclic) bond motifs is 1. The van der Waals surface area contributed by atoms with E-state index in [9.17, 15) is 9.59 Å². The van der Waals surface area contributed by atoms with Crippen molar-refractivity contribution in [2.45, 2.75) is 32.5 Å². The zero-order valence-electron chi connectivity index (χ0n) is 23.1. The van der Waals surface area contributed by atoms with Crippen LogP contribution >= 0.6 is 0 Å². The van der Waals surface area contributed by atoms with Gasteiger partial charge in [0.15, 0.2) is 6.61 Å². The average molecular weight is 547 g/mol. The molecule has 0 fully saturated rings. The summed E-state index contributed by atoms with van der Waals surface area (Å²) < 4.78 is 5.60. The van der Waals surface area contributed by atoms with E-state index >= 15 is 0 Å². The molecule has 4 aromatic carbocycles. The van der Waals surface area contributed by atoms with Gasteiger partial charge < -0.3 is 10.1 Å². The van der Waals surface area contributed by atoms with Crippen molar-refractivity contribution in [3.8, 4) is 5.75 Å². The Balaban J connectivity index is 1.04. The monoisotopic (exact) mass is 546 g/mol. The van der Waals surface area contributed by atoms with Crippen LogP contribution in [0.1, 0.15) is 51.1 Å². The van der Waals surface area contributed by atoms with Gasteiger partial charge in [0, 0.05) is 25.2 Å². The van der Waals surface area contributed by atoms with E-state index in [4.69, 9.17) is 4.74 Å². The number of benzene rings is 4. The van der Waals surface area contributed by atoms with Gasteiger partial charge in [-0.05, 0) is 77.6 Å². The largest absolute Gasteiger partial charge is 0.484 e. The van der Waals surface area contributed by atoms with E-state index in [0.717, 1.165) is 37.2 Å². The molecule has 1 atom stereocenters. The van der Waals surface area contributed by atoms with E-state index in [1.807, 2.05) is 73.7 Å². The topological polar surface area (TPSA) is 83.0 Å². The number of nitrogens with one attached hydrogen (secondary N) is 2. The predicted octanol–water partition coefficient (Wildman–Crippen LogP) is 5.27. The van der Waals surface area contributed by atoms with Crippen LogP contribution in [0.4, 0.5) is 0 Å². The first-order valence-electron chi connectivity index (χ1n) is 13.8. The summed E-state index contributed by atoms with van der Waals surface area (Å²) in [6.45, 7) is 4.69. The van der Waals surface area contributed by atoms with Gasteiger partial charge in [-0.3, -0.25) is 14.5 Å².